The van der Waals surface area contributed by atoms with Crippen LogP contribution in [0.4, 0.5) is 5.69 Å². The number of nitrogens with two attached hydrogens (primary N) is 1. The predicted molar refractivity (Wildman–Crippen MR) is 76.5 cm³/mol. The molecule has 0 radical (unpaired) electrons. The number of aromatic nitrogens is 2. The summed E-state index contributed by atoms with van der Waals surface area (Å²) >= 11 is 0. The van der Waals surface area contributed by atoms with Gasteiger partial charge in [-0.3, -0.25) is 4.79 Å². The largest absolute Gasteiger partial charge is 0.329 e. The number of benzene rings is 1. The highest BCUT2D eigenvalue weighted by Crippen LogP contribution is 2.31. The molecule has 1 amide bonds. The highest BCUT2D eigenvalue weighted by molar-refractivity contribution is 6.00. The Kier molecular flexibility index (Phi) is 3.20. The van der Waals surface area contributed by atoms with Gasteiger partial charge in [-0.15, -0.1) is 0 Å². The molecule has 0 spiro atoms. The van der Waals surface area contributed by atoms with Crippen molar-refractivity contribution in [1.29, 1.82) is 0 Å². The summed E-state index contributed by atoms with van der Waals surface area (Å²) < 4.78 is 0. The average molecular weight is 268 g/mol. The van der Waals surface area contributed by atoms with E-state index in [1.165, 1.54) is 0 Å². The quantitative estimate of drug-likeness (QED) is 0.904. The molecule has 102 valence electrons. The first kappa shape index (κ1) is 12.7. The zero-order chi connectivity index (χ0) is 14.1. The van der Waals surface area contributed by atoms with Crippen molar-refractivity contribution >= 4 is 11.6 Å². The van der Waals surface area contributed by atoms with Crippen LogP contribution in [0.25, 0.3) is 0 Å². The average Bonchev–Trinajstić information content (AvgIpc) is 2.76. The first-order valence-electron chi connectivity index (χ1n) is 6.57. The monoisotopic (exact) mass is 268 g/mol. The van der Waals surface area contributed by atoms with Crippen molar-refractivity contribution in [2.75, 3.05) is 18.5 Å². The number of likely N-dealkylation sites (N-methyl/N-ethyl adjacent to an activating group) is 1. The molecule has 1 aromatic heterocycles. The van der Waals surface area contributed by atoms with Gasteiger partial charge in [-0.1, -0.05) is 12.1 Å². The fourth-order valence-electron chi connectivity index (χ4n) is 2.59. The maximum Gasteiger partial charge on any atom is 0.231 e. The van der Waals surface area contributed by atoms with E-state index in [9.17, 15) is 4.79 Å². The molecule has 1 aliphatic heterocycles. The van der Waals surface area contributed by atoms with E-state index in [1.54, 1.807) is 30.4 Å². The van der Waals surface area contributed by atoms with Crippen LogP contribution in [-0.4, -0.2) is 29.5 Å². The minimum Gasteiger partial charge on any atom is -0.329 e. The van der Waals surface area contributed by atoms with Crippen LogP contribution in [-0.2, 0) is 11.2 Å². The lowest BCUT2D eigenvalue weighted by Crippen LogP contribution is -2.20. The molecule has 1 unspecified atom stereocenters. The number of hydrogen-bond donors (Lipinski definition) is 1. The number of amides is 1. The lowest BCUT2D eigenvalue weighted by molar-refractivity contribution is -0.117. The molecule has 1 aliphatic rings. The Morgan fingerprint density at radius 2 is 2.10 bits per heavy atom. The zero-order valence-corrected chi connectivity index (χ0v) is 11.3. The topological polar surface area (TPSA) is 72.1 Å². The van der Waals surface area contributed by atoms with Crippen molar-refractivity contribution < 1.29 is 4.79 Å². The molecule has 3 rings (SSSR count). The number of carbonyl (C=O) groups excluding carboxylic acids is 1. The molecule has 0 aliphatic carbocycles. The van der Waals surface area contributed by atoms with Crippen molar-refractivity contribution in [3.05, 3.63) is 53.6 Å². The van der Waals surface area contributed by atoms with Gasteiger partial charge >= 0.3 is 0 Å². The Balaban J connectivity index is 1.99. The van der Waals surface area contributed by atoms with E-state index >= 15 is 0 Å². The summed E-state index contributed by atoms with van der Waals surface area (Å²) in [6.07, 6.45) is 3.89. The Labute approximate surface area is 117 Å². The minimum absolute atomic E-state index is 0.0393. The maximum absolute atomic E-state index is 11.7. The summed E-state index contributed by atoms with van der Waals surface area (Å²) in [6.45, 7) is 0.437. The summed E-state index contributed by atoms with van der Waals surface area (Å²) in [4.78, 5) is 22.0. The smallest absolute Gasteiger partial charge is 0.231 e. The third-order valence-corrected chi connectivity index (χ3v) is 3.72. The summed E-state index contributed by atoms with van der Waals surface area (Å²) in [5.74, 6) is 0.799. The summed E-state index contributed by atoms with van der Waals surface area (Å²) in [5, 5.41) is 0. The van der Waals surface area contributed by atoms with Crippen molar-refractivity contribution in [1.82, 2.24) is 9.97 Å². The third kappa shape index (κ3) is 2.06. The molecule has 1 atom stereocenters. The molecule has 5 nitrogen and oxygen atoms in total. The highest BCUT2D eigenvalue weighted by Gasteiger charge is 2.25. The number of fused-ring (bicyclic) bond motifs is 1. The Morgan fingerprint density at radius 1 is 1.35 bits per heavy atom. The van der Waals surface area contributed by atoms with E-state index in [2.05, 4.69) is 9.97 Å². The first-order valence-corrected chi connectivity index (χ1v) is 6.57. The van der Waals surface area contributed by atoms with Crippen molar-refractivity contribution in [2.45, 2.75) is 12.3 Å². The Morgan fingerprint density at radius 3 is 2.80 bits per heavy atom. The Hall–Kier alpha value is -2.27. The van der Waals surface area contributed by atoms with Gasteiger partial charge in [0.05, 0.1) is 12.3 Å². The molecule has 2 aromatic rings. The van der Waals surface area contributed by atoms with E-state index < -0.39 is 0 Å². The normalized spacial score (nSPS) is 15.3. The maximum atomic E-state index is 11.7. The lowest BCUT2D eigenvalue weighted by atomic mass is 9.95. The van der Waals surface area contributed by atoms with Gasteiger partial charge in [-0.2, -0.15) is 0 Å². The van der Waals surface area contributed by atoms with Gasteiger partial charge in [0.15, 0.2) is 0 Å². The second-order valence-corrected chi connectivity index (χ2v) is 4.91. The standard InChI is InChI=1S/C15H16N4O/c1-19-13-4-3-10(7-11(13)8-14(19)20)12(9-16)15-17-5-2-6-18-15/h2-7,12H,8-9,16H2,1H3. The van der Waals surface area contributed by atoms with Gasteiger partial charge in [0.2, 0.25) is 5.91 Å². The zero-order valence-electron chi connectivity index (χ0n) is 11.3. The van der Waals surface area contributed by atoms with Crippen molar-refractivity contribution in [3.63, 3.8) is 0 Å². The summed E-state index contributed by atoms with van der Waals surface area (Å²) in [7, 11) is 1.80. The fourth-order valence-corrected chi connectivity index (χ4v) is 2.59. The molecule has 5 heteroatoms. The first-order chi connectivity index (χ1) is 9.70. The molecular weight excluding hydrogens is 252 g/mol. The molecule has 0 saturated heterocycles. The van der Waals surface area contributed by atoms with Gasteiger partial charge in [0.1, 0.15) is 5.82 Å². The minimum atomic E-state index is -0.0393. The SMILES string of the molecule is CN1C(=O)Cc2cc(C(CN)c3ncccn3)ccc21. The van der Waals surface area contributed by atoms with Crippen LogP contribution in [0.2, 0.25) is 0 Å². The van der Waals surface area contributed by atoms with Crippen LogP contribution in [0.5, 0.6) is 0 Å². The van der Waals surface area contributed by atoms with Gasteiger partial charge in [-0.25, -0.2) is 9.97 Å². The molecule has 0 bridgehead atoms. The Bertz CT molecular complexity index is 642. The van der Waals surface area contributed by atoms with Crippen LogP contribution in [0.1, 0.15) is 22.9 Å². The summed E-state index contributed by atoms with van der Waals surface area (Å²) in [5.41, 5.74) is 8.96. The van der Waals surface area contributed by atoms with Gasteiger partial charge in [-0.05, 0) is 23.3 Å². The van der Waals surface area contributed by atoms with Crippen LogP contribution in [0, 0.1) is 0 Å². The van der Waals surface area contributed by atoms with Gasteiger partial charge < -0.3 is 10.6 Å². The number of rotatable bonds is 3. The summed E-state index contributed by atoms with van der Waals surface area (Å²) in [6, 6.07) is 7.81. The molecule has 2 heterocycles. The fraction of sp³-hybridized carbons (Fsp3) is 0.267. The van der Waals surface area contributed by atoms with Crippen LogP contribution >= 0.6 is 0 Å². The second-order valence-electron chi connectivity index (χ2n) is 4.91. The molecular formula is C15H16N4O. The highest BCUT2D eigenvalue weighted by atomic mass is 16.2. The molecule has 2 N–H and O–H groups in total. The second kappa shape index (κ2) is 5.02. The van der Waals surface area contributed by atoms with E-state index in [-0.39, 0.29) is 11.8 Å². The number of carbonyl (C=O) groups is 1. The number of anilines is 1. The molecule has 0 fully saturated rings. The lowest BCUT2D eigenvalue weighted by Gasteiger charge is -2.16. The van der Waals surface area contributed by atoms with Crippen molar-refractivity contribution in [2.24, 2.45) is 5.73 Å². The van der Waals surface area contributed by atoms with Crippen molar-refractivity contribution in [3.8, 4) is 0 Å². The number of hydrogen-bond acceptors (Lipinski definition) is 4. The third-order valence-electron chi connectivity index (χ3n) is 3.72. The van der Waals surface area contributed by atoms with E-state index in [4.69, 9.17) is 5.73 Å². The predicted octanol–water partition coefficient (Wildman–Crippen LogP) is 1.09. The van der Waals surface area contributed by atoms with Crippen LogP contribution < -0.4 is 10.6 Å². The number of nitrogens with zero attached hydrogens (tertiary/aromatic N) is 3. The molecule has 0 saturated carbocycles. The van der Waals surface area contributed by atoms with E-state index in [0.717, 1.165) is 16.8 Å². The van der Waals surface area contributed by atoms with E-state index in [1.807, 2.05) is 18.2 Å². The van der Waals surface area contributed by atoms with Crippen LogP contribution in [0.15, 0.2) is 36.7 Å². The van der Waals surface area contributed by atoms with Gasteiger partial charge in [0, 0.05) is 31.7 Å². The van der Waals surface area contributed by atoms with Crippen LogP contribution in [0.3, 0.4) is 0 Å². The van der Waals surface area contributed by atoms with E-state index in [0.29, 0.717) is 18.8 Å². The van der Waals surface area contributed by atoms with Gasteiger partial charge in [0.25, 0.3) is 0 Å². The molecule has 20 heavy (non-hydrogen) atoms. The molecule has 1 aromatic carbocycles.